The summed E-state index contributed by atoms with van der Waals surface area (Å²) >= 11 is 0. The second-order valence-corrected chi connectivity index (χ2v) is 7.43. The third-order valence-electron chi connectivity index (χ3n) is 5.16. The summed E-state index contributed by atoms with van der Waals surface area (Å²) in [6, 6.07) is 17.3. The van der Waals surface area contributed by atoms with Gasteiger partial charge in [-0.1, -0.05) is 42.5 Å². The minimum atomic E-state index is -0.938. The van der Waals surface area contributed by atoms with E-state index in [1.165, 1.54) is 5.56 Å². The van der Waals surface area contributed by atoms with Crippen molar-refractivity contribution >= 4 is 23.2 Å². The second kappa shape index (κ2) is 6.92. The van der Waals surface area contributed by atoms with Gasteiger partial charge in [-0.05, 0) is 32.9 Å². The van der Waals surface area contributed by atoms with E-state index >= 15 is 0 Å². The second-order valence-electron chi connectivity index (χ2n) is 7.43. The molecular weight excluding hydrogens is 326 g/mol. The molecule has 3 rings (SSSR count). The molecule has 0 saturated carbocycles. The molecule has 2 atom stereocenters. The molecule has 1 aliphatic rings. The van der Waals surface area contributed by atoms with Crippen molar-refractivity contribution in [1.82, 2.24) is 0 Å². The van der Waals surface area contributed by atoms with Gasteiger partial charge in [-0.3, -0.25) is 14.5 Å². The minimum Gasteiger partial charge on any atom is -0.324 e. The molecule has 2 amide bonds. The lowest BCUT2D eigenvalue weighted by Gasteiger charge is -2.43. The number of quaternary nitrogens is 1. The lowest BCUT2D eigenvalue weighted by atomic mass is 9.95. The van der Waals surface area contributed by atoms with Crippen molar-refractivity contribution in [3.05, 3.63) is 60.2 Å². The van der Waals surface area contributed by atoms with Gasteiger partial charge in [0.25, 0.3) is 5.91 Å². The fraction of sp³-hybridized carbons (Fsp3) is 0.333. The highest BCUT2D eigenvalue weighted by Gasteiger charge is 2.46. The number of carbonyl (C=O) groups is 2. The zero-order valence-electron chi connectivity index (χ0n) is 15.7. The van der Waals surface area contributed by atoms with Crippen LogP contribution in [0.2, 0.25) is 0 Å². The van der Waals surface area contributed by atoms with E-state index in [-0.39, 0.29) is 17.9 Å². The largest absolute Gasteiger partial charge is 0.324 e. The Morgan fingerprint density at radius 3 is 2.42 bits per heavy atom. The number of hydrogen-bond acceptors (Lipinski definition) is 2. The van der Waals surface area contributed by atoms with Crippen LogP contribution in [0, 0.1) is 0 Å². The number of anilines is 2. The molecule has 1 aliphatic heterocycles. The van der Waals surface area contributed by atoms with E-state index in [9.17, 15) is 9.59 Å². The number of likely N-dealkylation sites (N-methyl/N-ethyl adjacent to an activating group) is 1. The molecule has 136 valence electrons. The molecule has 0 aliphatic carbocycles. The predicted octanol–water partition coefficient (Wildman–Crippen LogP) is 1.85. The molecule has 0 saturated heterocycles. The third-order valence-corrected chi connectivity index (χ3v) is 5.16. The first-order valence-electron chi connectivity index (χ1n) is 8.93. The lowest BCUT2D eigenvalue weighted by Crippen LogP contribution is -3.13. The predicted molar refractivity (Wildman–Crippen MR) is 103 cm³/mol. The van der Waals surface area contributed by atoms with Crippen LogP contribution >= 0.6 is 0 Å². The van der Waals surface area contributed by atoms with Crippen LogP contribution in [-0.2, 0) is 16.1 Å². The van der Waals surface area contributed by atoms with Crippen molar-refractivity contribution in [2.45, 2.75) is 38.9 Å². The fourth-order valence-corrected chi connectivity index (χ4v) is 3.32. The molecule has 0 spiro atoms. The molecular formula is C21H26N3O2+. The SMILES string of the molecule is C[C@H](C(=O)N1c2ccccc2NC(=O)C1(C)C)[NH+](C)Cc1ccccc1. The normalized spacial score (nSPS) is 17.8. The highest BCUT2D eigenvalue weighted by Crippen LogP contribution is 2.36. The first kappa shape index (κ1) is 18.1. The highest BCUT2D eigenvalue weighted by atomic mass is 16.2. The average molecular weight is 352 g/mol. The van der Waals surface area contributed by atoms with Gasteiger partial charge in [0, 0.05) is 5.56 Å². The zero-order valence-corrected chi connectivity index (χ0v) is 15.7. The Balaban J connectivity index is 1.88. The van der Waals surface area contributed by atoms with Crippen molar-refractivity contribution < 1.29 is 14.5 Å². The van der Waals surface area contributed by atoms with E-state index in [0.717, 1.165) is 17.1 Å². The van der Waals surface area contributed by atoms with Crippen LogP contribution in [0.4, 0.5) is 11.4 Å². The number of nitrogens with zero attached hydrogens (tertiary/aromatic N) is 1. The molecule has 5 nitrogen and oxygen atoms in total. The number of fused-ring (bicyclic) bond motifs is 1. The third kappa shape index (κ3) is 3.22. The summed E-state index contributed by atoms with van der Waals surface area (Å²) in [6.45, 7) is 6.24. The number of nitrogens with one attached hydrogen (secondary N) is 2. The summed E-state index contributed by atoms with van der Waals surface area (Å²) in [6.07, 6.45) is 0. The molecule has 26 heavy (non-hydrogen) atoms. The average Bonchev–Trinajstić information content (AvgIpc) is 2.62. The number of para-hydroxylation sites is 2. The molecule has 5 heteroatoms. The number of benzene rings is 2. The fourth-order valence-electron chi connectivity index (χ4n) is 3.32. The number of amides is 2. The summed E-state index contributed by atoms with van der Waals surface area (Å²) in [5.41, 5.74) is 1.67. The van der Waals surface area contributed by atoms with Gasteiger partial charge >= 0.3 is 0 Å². The van der Waals surface area contributed by atoms with Crippen LogP contribution in [0.5, 0.6) is 0 Å². The molecule has 0 fully saturated rings. The van der Waals surface area contributed by atoms with Gasteiger partial charge in [-0.15, -0.1) is 0 Å². The van der Waals surface area contributed by atoms with Crippen molar-refractivity contribution in [3.63, 3.8) is 0 Å². The Bertz CT molecular complexity index is 817. The molecule has 2 aromatic carbocycles. The van der Waals surface area contributed by atoms with Crippen LogP contribution in [0.15, 0.2) is 54.6 Å². The van der Waals surface area contributed by atoms with Crippen LogP contribution in [-0.4, -0.2) is 30.4 Å². The monoisotopic (exact) mass is 352 g/mol. The Morgan fingerprint density at radius 1 is 1.12 bits per heavy atom. The van der Waals surface area contributed by atoms with Gasteiger partial charge in [0.1, 0.15) is 12.1 Å². The van der Waals surface area contributed by atoms with Gasteiger partial charge < -0.3 is 10.2 Å². The van der Waals surface area contributed by atoms with Crippen LogP contribution in [0.1, 0.15) is 26.3 Å². The van der Waals surface area contributed by atoms with Crippen molar-refractivity contribution in [2.75, 3.05) is 17.3 Å². The van der Waals surface area contributed by atoms with Gasteiger partial charge in [-0.2, -0.15) is 0 Å². The highest BCUT2D eigenvalue weighted by molar-refractivity contribution is 6.14. The van der Waals surface area contributed by atoms with Crippen LogP contribution in [0.3, 0.4) is 0 Å². The van der Waals surface area contributed by atoms with Crippen molar-refractivity contribution in [1.29, 1.82) is 0 Å². The Hall–Kier alpha value is -2.66. The maximum Gasteiger partial charge on any atom is 0.285 e. The topological polar surface area (TPSA) is 53.9 Å². The first-order chi connectivity index (χ1) is 12.3. The number of carbonyl (C=O) groups excluding carboxylic acids is 2. The number of hydrogen-bond donors (Lipinski definition) is 2. The molecule has 2 N–H and O–H groups in total. The summed E-state index contributed by atoms with van der Waals surface area (Å²) < 4.78 is 0. The lowest BCUT2D eigenvalue weighted by molar-refractivity contribution is -0.908. The summed E-state index contributed by atoms with van der Waals surface area (Å²) in [7, 11) is 2.01. The standard InChI is InChI=1S/C21H25N3O2/c1-15(23(4)14-16-10-6-5-7-11-16)19(25)24-18-13-9-8-12-17(18)22-20(26)21(24,2)3/h5-13,15H,14H2,1-4H3,(H,22,26)/p+1/t15-/m1/s1. The van der Waals surface area contributed by atoms with Crippen LogP contribution in [0.25, 0.3) is 0 Å². The summed E-state index contributed by atoms with van der Waals surface area (Å²) in [4.78, 5) is 28.7. The van der Waals surface area contributed by atoms with E-state index in [1.54, 1.807) is 18.7 Å². The van der Waals surface area contributed by atoms with E-state index < -0.39 is 5.54 Å². The molecule has 0 bridgehead atoms. The van der Waals surface area contributed by atoms with Gasteiger partial charge in [-0.25, -0.2) is 0 Å². The van der Waals surface area contributed by atoms with Crippen molar-refractivity contribution in [2.24, 2.45) is 0 Å². The Labute approximate surface area is 154 Å². The molecule has 1 heterocycles. The molecule has 1 unspecified atom stereocenters. The van der Waals surface area contributed by atoms with Gasteiger partial charge in [0.2, 0.25) is 5.91 Å². The molecule has 0 aromatic heterocycles. The molecule has 2 aromatic rings. The van der Waals surface area contributed by atoms with Gasteiger partial charge in [0.05, 0.1) is 18.4 Å². The number of rotatable bonds is 4. The van der Waals surface area contributed by atoms with Gasteiger partial charge in [0.15, 0.2) is 6.04 Å². The maximum atomic E-state index is 13.4. The molecule has 0 radical (unpaired) electrons. The smallest absolute Gasteiger partial charge is 0.285 e. The van der Waals surface area contributed by atoms with E-state index in [0.29, 0.717) is 5.69 Å². The minimum absolute atomic E-state index is 0.0502. The van der Waals surface area contributed by atoms with E-state index in [4.69, 9.17) is 0 Å². The van der Waals surface area contributed by atoms with E-state index in [2.05, 4.69) is 17.4 Å². The zero-order chi connectivity index (χ0) is 18.9. The maximum absolute atomic E-state index is 13.4. The van der Waals surface area contributed by atoms with E-state index in [1.807, 2.05) is 56.4 Å². The Morgan fingerprint density at radius 2 is 1.73 bits per heavy atom. The Kier molecular flexibility index (Phi) is 4.83. The van der Waals surface area contributed by atoms with Crippen molar-refractivity contribution in [3.8, 4) is 0 Å². The summed E-state index contributed by atoms with van der Waals surface area (Å²) in [5.74, 6) is -0.219. The quantitative estimate of drug-likeness (QED) is 0.882. The first-order valence-corrected chi connectivity index (χ1v) is 8.93. The summed E-state index contributed by atoms with van der Waals surface area (Å²) in [5, 5.41) is 2.90. The van der Waals surface area contributed by atoms with Crippen LogP contribution < -0.4 is 15.1 Å².